The molecule has 0 fully saturated rings. The van der Waals surface area contributed by atoms with E-state index in [-0.39, 0.29) is 0 Å². The summed E-state index contributed by atoms with van der Waals surface area (Å²) in [6, 6.07) is 25.3. The molecule has 0 unspecified atom stereocenters. The van der Waals surface area contributed by atoms with E-state index in [0.717, 1.165) is 0 Å². The first kappa shape index (κ1) is 18.4. The molecule has 26 heavy (non-hydrogen) atoms. The minimum Gasteiger partial charge on any atom is -0.245 e. The highest BCUT2D eigenvalue weighted by atomic mass is 32.2. The van der Waals surface area contributed by atoms with Crippen LogP contribution in [0.4, 0.5) is 11.4 Å². The van der Waals surface area contributed by atoms with Gasteiger partial charge < -0.3 is 0 Å². The fraction of sp³-hybridized carbons (Fsp3) is 0.100. The zero-order chi connectivity index (χ0) is 18.6. The molecule has 0 aliphatic carbocycles. The van der Waals surface area contributed by atoms with Gasteiger partial charge in [-0.1, -0.05) is 48.5 Å². The van der Waals surface area contributed by atoms with Crippen molar-refractivity contribution in [2.24, 2.45) is 8.73 Å². The fourth-order valence-electron chi connectivity index (χ4n) is 2.45. The van der Waals surface area contributed by atoms with Crippen molar-refractivity contribution in [2.45, 2.75) is 9.79 Å². The highest BCUT2D eigenvalue weighted by molar-refractivity contribution is 7.93. The van der Waals surface area contributed by atoms with Crippen LogP contribution in [0.5, 0.6) is 0 Å². The zero-order valence-corrected chi connectivity index (χ0v) is 16.2. The number of benzene rings is 3. The predicted molar refractivity (Wildman–Crippen MR) is 108 cm³/mol. The number of nitrogens with zero attached hydrogens (tertiary/aromatic N) is 2. The van der Waals surface area contributed by atoms with Crippen LogP contribution in [0.1, 0.15) is 0 Å². The van der Waals surface area contributed by atoms with Crippen LogP contribution in [0.15, 0.2) is 103 Å². The molecule has 0 saturated carbocycles. The highest BCUT2D eigenvalue weighted by Crippen LogP contribution is 2.32. The Balaban J connectivity index is 2.14. The average Bonchev–Trinajstić information content (AvgIpc) is 2.64. The first-order chi connectivity index (χ1) is 12.4. The molecule has 0 aromatic heterocycles. The monoisotopic (exact) mass is 384 g/mol. The molecular weight excluding hydrogens is 364 g/mol. The van der Waals surface area contributed by atoms with Gasteiger partial charge in [-0.3, -0.25) is 0 Å². The fourth-order valence-corrected chi connectivity index (χ4v) is 5.04. The van der Waals surface area contributed by atoms with Crippen LogP contribution in [-0.2, 0) is 19.5 Å². The largest absolute Gasteiger partial charge is 0.245 e. The van der Waals surface area contributed by atoms with E-state index in [4.69, 9.17) is 0 Å². The summed E-state index contributed by atoms with van der Waals surface area (Å²) in [5.41, 5.74) is 0.934. The summed E-state index contributed by atoms with van der Waals surface area (Å²) in [6.07, 6.45) is 3.19. The molecule has 3 rings (SSSR count). The van der Waals surface area contributed by atoms with Crippen LogP contribution in [0.25, 0.3) is 0 Å². The maximum Gasteiger partial charge on any atom is 0.0997 e. The Kier molecular flexibility index (Phi) is 5.25. The van der Waals surface area contributed by atoms with E-state index in [9.17, 15) is 8.42 Å². The molecule has 0 N–H and O–H groups in total. The summed E-state index contributed by atoms with van der Waals surface area (Å²) in [7, 11) is -5.27. The first-order valence-electron chi connectivity index (χ1n) is 8.02. The Bertz CT molecular complexity index is 1050. The molecular formula is C20H20N2O2S2. The summed E-state index contributed by atoms with van der Waals surface area (Å²) in [5, 5.41) is 0. The molecule has 134 valence electrons. The van der Waals surface area contributed by atoms with Gasteiger partial charge in [-0.25, -0.2) is 8.42 Å². The minimum atomic E-state index is -2.63. The smallest absolute Gasteiger partial charge is 0.0997 e. The Morgan fingerprint density at radius 1 is 0.538 bits per heavy atom. The third-order valence-electron chi connectivity index (χ3n) is 3.79. The standard InChI is InChI=1S/C20H20N2O2S2/c1-25(23,17-11-5-3-6-12-17)21-19-15-9-10-16-20(19)22-26(2,24)18-13-7-4-8-14-18/h3-16H,1-2H3/t25-,26-/m0/s1. The second-order valence-corrected chi connectivity index (χ2v) is 10.4. The molecule has 4 nitrogen and oxygen atoms in total. The maximum absolute atomic E-state index is 13.1. The van der Waals surface area contributed by atoms with E-state index in [0.29, 0.717) is 21.2 Å². The van der Waals surface area contributed by atoms with Crippen molar-refractivity contribution in [1.29, 1.82) is 0 Å². The Labute approximate surface area is 155 Å². The molecule has 3 aromatic carbocycles. The molecule has 2 atom stereocenters. The predicted octanol–water partition coefficient (Wildman–Crippen LogP) is 5.26. The molecule has 0 aliphatic heterocycles. The third-order valence-corrected chi connectivity index (χ3v) is 7.17. The molecule has 0 saturated heterocycles. The van der Waals surface area contributed by atoms with Gasteiger partial charge in [0.15, 0.2) is 0 Å². The van der Waals surface area contributed by atoms with E-state index in [1.165, 1.54) is 0 Å². The van der Waals surface area contributed by atoms with E-state index in [1.807, 2.05) is 36.4 Å². The van der Waals surface area contributed by atoms with Crippen LogP contribution in [-0.4, -0.2) is 20.9 Å². The minimum absolute atomic E-state index is 0.467. The lowest BCUT2D eigenvalue weighted by atomic mass is 10.3. The molecule has 0 aliphatic rings. The van der Waals surface area contributed by atoms with E-state index >= 15 is 0 Å². The van der Waals surface area contributed by atoms with Gasteiger partial charge in [0.2, 0.25) is 0 Å². The summed E-state index contributed by atoms with van der Waals surface area (Å²) in [6.45, 7) is 0. The van der Waals surface area contributed by atoms with Gasteiger partial charge in [0, 0.05) is 22.3 Å². The van der Waals surface area contributed by atoms with Crippen LogP contribution in [0.3, 0.4) is 0 Å². The van der Waals surface area contributed by atoms with Crippen LogP contribution in [0, 0.1) is 0 Å². The quantitative estimate of drug-likeness (QED) is 0.616. The SMILES string of the molecule is C[S@@](=O)(=Nc1ccccc1N=[S@@](C)(=O)c1ccccc1)c1ccccc1. The molecule has 0 radical (unpaired) electrons. The van der Waals surface area contributed by atoms with Crippen LogP contribution in [0.2, 0.25) is 0 Å². The van der Waals surface area contributed by atoms with Crippen LogP contribution >= 0.6 is 0 Å². The topological polar surface area (TPSA) is 58.9 Å². The lowest BCUT2D eigenvalue weighted by Crippen LogP contribution is -1.97. The van der Waals surface area contributed by atoms with Gasteiger partial charge in [0.25, 0.3) is 0 Å². The van der Waals surface area contributed by atoms with Gasteiger partial charge in [-0.15, -0.1) is 0 Å². The molecule has 3 aromatic rings. The Morgan fingerprint density at radius 2 is 0.846 bits per heavy atom. The Hall–Kier alpha value is -2.44. The van der Waals surface area contributed by atoms with Gasteiger partial charge in [-0.05, 0) is 36.4 Å². The molecule has 0 bridgehead atoms. The summed E-state index contributed by atoms with van der Waals surface area (Å²) >= 11 is 0. The van der Waals surface area contributed by atoms with E-state index in [1.54, 1.807) is 61.0 Å². The van der Waals surface area contributed by atoms with Crippen molar-refractivity contribution >= 4 is 30.8 Å². The lowest BCUT2D eigenvalue weighted by molar-refractivity contribution is 0.679. The van der Waals surface area contributed by atoms with Gasteiger partial charge >= 0.3 is 0 Å². The van der Waals surface area contributed by atoms with Crippen molar-refractivity contribution in [3.8, 4) is 0 Å². The Morgan fingerprint density at radius 3 is 1.19 bits per heavy atom. The van der Waals surface area contributed by atoms with Crippen molar-refractivity contribution in [1.82, 2.24) is 0 Å². The van der Waals surface area contributed by atoms with Crippen molar-refractivity contribution in [3.63, 3.8) is 0 Å². The maximum atomic E-state index is 13.1. The van der Waals surface area contributed by atoms with Gasteiger partial charge in [-0.2, -0.15) is 8.73 Å². The molecule has 0 heterocycles. The van der Waals surface area contributed by atoms with Crippen molar-refractivity contribution < 1.29 is 8.42 Å². The van der Waals surface area contributed by atoms with Crippen molar-refractivity contribution in [3.05, 3.63) is 84.9 Å². The number of rotatable bonds is 4. The number of hydrogen-bond donors (Lipinski definition) is 0. The van der Waals surface area contributed by atoms with E-state index < -0.39 is 19.5 Å². The van der Waals surface area contributed by atoms with Gasteiger partial charge in [0.05, 0.1) is 30.8 Å². The summed E-state index contributed by atoms with van der Waals surface area (Å²) < 4.78 is 35.0. The molecule has 6 heteroatoms. The zero-order valence-electron chi connectivity index (χ0n) is 14.6. The second kappa shape index (κ2) is 7.43. The molecule has 0 amide bonds. The van der Waals surface area contributed by atoms with E-state index in [2.05, 4.69) is 8.73 Å². The van der Waals surface area contributed by atoms with Crippen LogP contribution < -0.4 is 0 Å². The normalized spacial score (nSPS) is 15.5. The lowest BCUT2D eigenvalue weighted by Gasteiger charge is -2.08. The highest BCUT2D eigenvalue weighted by Gasteiger charge is 2.11. The van der Waals surface area contributed by atoms with Gasteiger partial charge in [0.1, 0.15) is 0 Å². The molecule has 0 spiro atoms. The number of hydrogen-bond acceptors (Lipinski definition) is 4. The summed E-state index contributed by atoms with van der Waals surface area (Å²) in [4.78, 5) is 1.30. The van der Waals surface area contributed by atoms with Crippen molar-refractivity contribution in [2.75, 3.05) is 12.5 Å². The average molecular weight is 385 g/mol. The first-order valence-corrected chi connectivity index (χ1v) is 11.9. The summed E-state index contributed by atoms with van der Waals surface area (Å²) in [5.74, 6) is 0. The third kappa shape index (κ3) is 4.20. The second-order valence-electron chi connectivity index (χ2n) is 5.90.